The Morgan fingerprint density at radius 1 is 1.33 bits per heavy atom. The number of carbonyl (C=O) groups excluding carboxylic acids is 1. The smallest absolute Gasteiger partial charge is 0.308 e. The quantitative estimate of drug-likeness (QED) is 0.822. The Balaban J connectivity index is 2.52. The highest BCUT2D eigenvalue weighted by Gasteiger charge is 2.24. The number of carboxylic acids is 1. The van der Waals surface area contributed by atoms with Crippen LogP contribution in [-0.4, -0.2) is 23.5 Å². The standard InChI is InChI=1S/C16H22BrNO3/c1-16(2,3)9-12(15(20)21)10-18-14(19)8-11-5-4-6-13(17)7-11/h4-7,12H,8-10H2,1-3H3,(H,18,19)(H,20,21). The van der Waals surface area contributed by atoms with Crippen molar-refractivity contribution in [3.05, 3.63) is 34.3 Å². The second-order valence-corrected chi connectivity index (χ2v) is 7.33. The number of hydrogen-bond donors (Lipinski definition) is 2. The minimum Gasteiger partial charge on any atom is -0.481 e. The van der Waals surface area contributed by atoms with E-state index < -0.39 is 11.9 Å². The Bertz CT molecular complexity index is 508. The maximum absolute atomic E-state index is 11.9. The molecule has 0 fully saturated rings. The van der Waals surface area contributed by atoms with Gasteiger partial charge in [-0.2, -0.15) is 0 Å². The molecule has 0 aliphatic rings. The van der Waals surface area contributed by atoms with Gasteiger partial charge in [-0.1, -0.05) is 48.8 Å². The summed E-state index contributed by atoms with van der Waals surface area (Å²) in [5.41, 5.74) is 0.808. The van der Waals surface area contributed by atoms with E-state index >= 15 is 0 Å². The second kappa shape index (κ2) is 7.59. The molecule has 4 nitrogen and oxygen atoms in total. The fraction of sp³-hybridized carbons (Fsp3) is 0.500. The van der Waals surface area contributed by atoms with Gasteiger partial charge in [0.15, 0.2) is 0 Å². The first kappa shape index (κ1) is 17.7. The summed E-state index contributed by atoms with van der Waals surface area (Å²) in [7, 11) is 0. The van der Waals surface area contributed by atoms with Gasteiger partial charge >= 0.3 is 5.97 Å². The molecule has 21 heavy (non-hydrogen) atoms. The number of aliphatic carboxylic acids is 1. The Morgan fingerprint density at radius 2 is 2.00 bits per heavy atom. The molecular formula is C16H22BrNO3. The van der Waals surface area contributed by atoms with E-state index in [1.54, 1.807) is 0 Å². The van der Waals surface area contributed by atoms with Crippen LogP contribution < -0.4 is 5.32 Å². The summed E-state index contributed by atoms with van der Waals surface area (Å²) in [4.78, 5) is 23.1. The van der Waals surface area contributed by atoms with Crippen LogP contribution in [0.1, 0.15) is 32.8 Å². The minimum absolute atomic E-state index is 0.0852. The number of hydrogen-bond acceptors (Lipinski definition) is 2. The first-order valence-electron chi connectivity index (χ1n) is 6.91. The van der Waals surface area contributed by atoms with Crippen molar-refractivity contribution in [1.82, 2.24) is 5.32 Å². The van der Waals surface area contributed by atoms with Crippen molar-refractivity contribution in [3.8, 4) is 0 Å². The van der Waals surface area contributed by atoms with Gasteiger partial charge in [0, 0.05) is 11.0 Å². The number of carbonyl (C=O) groups is 2. The zero-order valence-corrected chi connectivity index (χ0v) is 14.2. The highest BCUT2D eigenvalue weighted by molar-refractivity contribution is 9.10. The molecular weight excluding hydrogens is 334 g/mol. The van der Waals surface area contributed by atoms with E-state index in [0.717, 1.165) is 10.0 Å². The molecule has 1 aromatic rings. The molecule has 1 aromatic carbocycles. The SMILES string of the molecule is CC(C)(C)CC(CNC(=O)Cc1cccc(Br)c1)C(=O)O. The van der Waals surface area contributed by atoms with E-state index in [4.69, 9.17) is 0 Å². The largest absolute Gasteiger partial charge is 0.481 e. The molecule has 0 bridgehead atoms. The number of rotatable bonds is 6. The molecule has 0 heterocycles. The van der Waals surface area contributed by atoms with Crippen LogP contribution in [0, 0.1) is 11.3 Å². The van der Waals surface area contributed by atoms with Crippen molar-refractivity contribution < 1.29 is 14.7 Å². The van der Waals surface area contributed by atoms with E-state index in [9.17, 15) is 14.7 Å². The van der Waals surface area contributed by atoms with Crippen molar-refractivity contribution in [3.63, 3.8) is 0 Å². The molecule has 0 saturated heterocycles. The Labute approximate surface area is 134 Å². The lowest BCUT2D eigenvalue weighted by Gasteiger charge is -2.23. The summed E-state index contributed by atoms with van der Waals surface area (Å²) >= 11 is 3.36. The van der Waals surface area contributed by atoms with Crippen LogP contribution in [-0.2, 0) is 16.0 Å². The van der Waals surface area contributed by atoms with Crippen LogP contribution in [0.15, 0.2) is 28.7 Å². The molecule has 5 heteroatoms. The van der Waals surface area contributed by atoms with E-state index in [2.05, 4.69) is 21.2 Å². The van der Waals surface area contributed by atoms with Crippen LogP contribution in [0.25, 0.3) is 0 Å². The summed E-state index contributed by atoms with van der Waals surface area (Å²) in [6.07, 6.45) is 0.779. The summed E-state index contributed by atoms with van der Waals surface area (Å²) in [5, 5.41) is 11.9. The predicted octanol–water partition coefficient (Wildman–Crippen LogP) is 3.24. The van der Waals surface area contributed by atoms with E-state index in [-0.39, 0.29) is 24.3 Å². The van der Waals surface area contributed by atoms with Gasteiger partial charge in [-0.25, -0.2) is 0 Å². The van der Waals surface area contributed by atoms with Crippen molar-refractivity contribution >= 4 is 27.8 Å². The van der Waals surface area contributed by atoms with Crippen molar-refractivity contribution in [2.45, 2.75) is 33.6 Å². The Morgan fingerprint density at radius 3 is 2.52 bits per heavy atom. The number of amides is 1. The number of halogens is 1. The maximum Gasteiger partial charge on any atom is 0.308 e. The average Bonchev–Trinajstić information content (AvgIpc) is 2.32. The molecule has 1 unspecified atom stereocenters. The average molecular weight is 356 g/mol. The van der Waals surface area contributed by atoms with Crippen LogP contribution in [0.3, 0.4) is 0 Å². The molecule has 0 aromatic heterocycles. The Kier molecular flexibility index (Phi) is 6.40. The van der Waals surface area contributed by atoms with Crippen LogP contribution in [0.5, 0.6) is 0 Å². The van der Waals surface area contributed by atoms with E-state index in [1.807, 2.05) is 45.0 Å². The minimum atomic E-state index is -0.868. The molecule has 0 spiro atoms. The molecule has 0 aliphatic heterocycles. The van der Waals surface area contributed by atoms with Gasteiger partial charge in [0.05, 0.1) is 12.3 Å². The summed E-state index contributed by atoms with van der Waals surface area (Å²) in [6.45, 7) is 6.14. The lowest BCUT2D eigenvalue weighted by atomic mass is 9.84. The van der Waals surface area contributed by atoms with Crippen molar-refractivity contribution in [1.29, 1.82) is 0 Å². The third kappa shape index (κ3) is 7.27. The zero-order valence-electron chi connectivity index (χ0n) is 12.6. The molecule has 116 valence electrons. The van der Waals surface area contributed by atoms with Gasteiger partial charge < -0.3 is 10.4 Å². The van der Waals surface area contributed by atoms with Gasteiger partial charge in [0.1, 0.15) is 0 Å². The molecule has 1 atom stereocenters. The fourth-order valence-electron chi connectivity index (χ4n) is 2.12. The van der Waals surface area contributed by atoms with Crippen LogP contribution in [0.4, 0.5) is 0 Å². The third-order valence-electron chi connectivity index (χ3n) is 3.01. The van der Waals surface area contributed by atoms with Crippen molar-refractivity contribution in [2.75, 3.05) is 6.54 Å². The van der Waals surface area contributed by atoms with Crippen LogP contribution in [0.2, 0.25) is 0 Å². The molecule has 0 radical (unpaired) electrons. The van der Waals surface area contributed by atoms with E-state index in [1.165, 1.54) is 0 Å². The molecule has 1 rings (SSSR count). The highest BCUT2D eigenvalue weighted by atomic mass is 79.9. The highest BCUT2D eigenvalue weighted by Crippen LogP contribution is 2.24. The van der Waals surface area contributed by atoms with Crippen molar-refractivity contribution in [2.24, 2.45) is 11.3 Å². The lowest BCUT2D eigenvalue weighted by Crippen LogP contribution is -2.35. The summed E-state index contributed by atoms with van der Waals surface area (Å²) in [6, 6.07) is 7.51. The second-order valence-electron chi connectivity index (χ2n) is 6.41. The molecule has 2 N–H and O–H groups in total. The van der Waals surface area contributed by atoms with Gasteiger partial charge in [-0.3, -0.25) is 9.59 Å². The first-order valence-corrected chi connectivity index (χ1v) is 7.70. The topological polar surface area (TPSA) is 66.4 Å². The lowest BCUT2D eigenvalue weighted by molar-refractivity contribution is -0.142. The van der Waals surface area contributed by atoms with Gasteiger partial charge in [0.2, 0.25) is 5.91 Å². The van der Waals surface area contributed by atoms with Gasteiger partial charge in [0.25, 0.3) is 0 Å². The predicted molar refractivity (Wildman–Crippen MR) is 86.1 cm³/mol. The molecule has 1 amide bonds. The zero-order chi connectivity index (χ0) is 16.0. The number of nitrogens with one attached hydrogen (secondary N) is 1. The summed E-state index contributed by atoms with van der Waals surface area (Å²) in [5.74, 6) is -1.59. The fourth-order valence-corrected chi connectivity index (χ4v) is 2.56. The molecule has 0 saturated carbocycles. The monoisotopic (exact) mass is 355 g/mol. The number of carboxylic acid groups (broad SMARTS) is 1. The van der Waals surface area contributed by atoms with E-state index in [0.29, 0.717) is 6.42 Å². The number of benzene rings is 1. The Hall–Kier alpha value is -1.36. The first-order chi connectivity index (χ1) is 9.67. The van der Waals surface area contributed by atoms with Gasteiger partial charge in [-0.15, -0.1) is 0 Å². The normalized spacial score (nSPS) is 12.8. The summed E-state index contributed by atoms with van der Waals surface area (Å²) < 4.78 is 0.920. The molecule has 0 aliphatic carbocycles. The maximum atomic E-state index is 11.9. The third-order valence-corrected chi connectivity index (χ3v) is 3.50. The van der Waals surface area contributed by atoms with Gasteiger partial charge in [-0.05, 0) is 29.5 Å². The van der Waals surface area contributed by atoms with Crippen LogP contribution >= 0.6 is 15.9 Å².